The van der Waals surface area contributed by atoms with Gasteiger partial charge in [-0.3, -0.25) is 4.90 Å². The zero-order chi connectivity index (χ0) is 18.2. The summed E-state index contributed by atoms with van der Waals surface area (Å²) < 4.78 is 0. The van der Waals surface area contributed by atoms with Crippen LogP contribution < -0.4 is 10.6 Å². The first-order valence-electron chi connectivity index (χ1n) is 8.88. The van der Waals surface area contributed by atoms with Gasteiger partial charge in [0.1, 0.15) is 0 Å². The maximum absolute atomic E-state index is 6.23. The highest BCUT2D eigenvalue weighted by Gasteiger charge is 2.19. The fraction of sp³-hybridized carbons (Fsp3) is 0.611. The van der Waals surface area contributed by atoms with Gasteiger partial charge in [0.15, 0.2) is 5.96 Å². The molecule has 140 valence electrons. The molecule has 25 heavy (non-hydrogen) atoms. The number of rotatable bonds is 6. The Morgan fingerprint density at radius 3 is 2.56 bits per heavy atom. The van der Waals surface area contributed by atoms with Crippen LogP contribution in [0, 0.1) is 0 Å². The summed E-state index contributed by atoms with van der Waals surface area (Å²) in [4.78, 5) is 9.54. The second-order valence-electron chi connectivity index (χ2n) is 6.50. The molecule has 1 aliphatic heterocycles. The molecular weight excluding hydrogens is 357 g/mol. The van der Waals surface area contributed by atoms with Crippen LogP contribution in [-0.2, 0) is 6.54 Å². The van der Waals surface area contributed by atoms with E-state index in [1.807, 2.05) is 12.1 Å². The average Bonchev–Trinajstić information content (AvgIpc) is 2.59. The van der Waals surface area contributed by atoms with Crippen LogP contribution in [-0.4, -0.2) is 68.1 Å². The topological polar surface area (TPSA) is 42.9 Å². The van der Waals surface area contributed by atoms with Gasteiger partial charge in [-0.2, -0.15) is 0 Å². The van der Waals surface area contributed by atoms with Gasteiger partial charge in [-0.05, 0) is 38.6 Å². The summed E-state index contributed by atoms with van der Waals surface area (Å²) in [5.74, 6) is 0.814. The van der Waals surface area contributed by atoms with E-state index >= 15 is 0 Å². The van der Waals surface area contributed by atoms with E-state index in [1.54, 1.807) is 6.07 Å². The van der Waals surface area contributed by atoms with Crippen LogP contribution in [0.2, 0.25) is 10.0 Å². The summed E-state index contributed by atoms with van der Waals surface area (Å²) in [5, 5.41) is 8.03. The van der Waals surface area contributed by atoms with Crippen molar-refractivity contribution < 1.29 is 0 Å². The third-order valence-electron chi connectivity index (χ3n) is 4.49. The van der Waals surface area contributed by atoms with Crippen molar-refractivity contribution >= 4 is 29.2 Å². The van der Waals surface area contributed by atoms with Gasteiger partial charge in [0.05, 0.1) is 6.54 Å². The minimum absolute atomic E-state index is 0.469. The molecular formula is C18H29Cl2N5. The van der Waals surface area contributed by atoms with E-state index in [9.17, 15) is 0 Å². The molecule has 1 unspecified atom stereocenters. The van der Waals surface area contributed by atoms with Gasteiger partial charge in [-0.15, -0.1) is 0 Å². The number of halogens is 2. The lowest BCUT2D eigenvalue weighted by molar-refractivity contribution is 0.120. The second-order valence-corrected chi connectivity index (χ2v) is 7.34. The first-order valence-corrected chi connectivity index (χ1v) is 9.64. The Kier molecular flexibility index (Phi) is 8.30. The molecule has 0 radical (unpaired) electrons. The van der Waals surface area contributed by atoms with Crippen molar-refractivity contribution in [1.29, 1.82) is 0 Å². The number of nitrogens with zero attached hydrogens (tertiary/aromatic N) is 3. The van der Waals surface area contributed by atoms with E-state index < -0.39 is 0 Å². The van der Waals surface area contributed by atoms with E-state index in [0.717, 1.165) is 50.8 Å². The number of hydrogen-bond donors (Lipinski definition) is 2. The van der Waals surface area contributed by atoms with Crippen LogP contribution in [0.15, 0.2) is 23.2 Å². The largest absolute Gasteiger partial charge is 0.357 e. The van der Waals surface area contributed by atoms with Gasteiger partial charge in [0, 0.05) is 55.4 Å². The van der Waals surface area contributed by atoms with Crippen LogP contribution in [0.25, 0.3) is 0 Å². The fourth-order valence-electron chi connectivity index (χ4n) is 2.79. The number of guanidine groups is 1. The standard InChI is InChI=1S/C18H29Cl2N5/c1-4-21-18(23-13-15-5-6-16(19)11-17(15)20)22-12-14(2)25-9-7-24(3)8-10-25/h5-6,11,14H,4,7-10,12-13H2,1-3H3,(H2,21,22,23). The van der Waals surface area contributed by atoms with Crippen LogP contribution in [0.5, 0.6) is 0 Å². The summed E-state index contributed by atoms with van der Waals surface area (Å²) in [6.07, 6.45) is 0. The molecule has 0 bridgehead atoms. The molecule has 1 aromatic carbocycles. The van der Waals surface area contributed by atoms with Crippen molar-refractivity contribution in [3.8, 4) is 0 Å². The highest BCUT2D eigenvalue weighted by Crippen LogP contribution is 2.21. The molecule has 1 aromatic rings. The highest BCUT2D eigenvalue weighted by molar-refractivity contribution is 6.35. The summed E-state index contributed by atoms with van der Waals surface area (Å²) in [7, 11) is 2.18. The first-order chi connectivity index (χ1) is 12.0. The predicted octanol–water partition coefficient (Wildman–Crippen LogP) is 2.68. The Morgan fingerprint density at radius 1 is 1.20 bits per heavy atom. The summed E-state index contributed by atoms with van der Waals surface area (Å²) in [6, 6.07) is 5.99. The van der Waals surface area contributed by atoms with E-state index in [0.29, 0.717) is 22.6 Å². The van der Waals surface area contributed by atoms with Crippen LogP contribution >= 0.6 is 23.2 Å². The zero-order valence-corrected chi connectivity index (χ0v) is 16.9. The molecule has 0 aromatic heterocycles. The monoisotopic (exact) mass is 385 g/mol. The number of likely N-dealkylation sites (N-methyl/N-ethyl adjacent to an activating group) is 1. The third kappa shape index (κ3) is 6.66. The Hall–Kier alpha value is -1.01. The Bertz CT molecular complexity index is 571. The minimum atomic E-state index is 0.469. The molecule has 1 fully saturated rings. The Balaban J connectivity index is 1.88. The quantitative estimate of drug-likeness (QED) is 0.583. The van der Waals surface area contributed by atoms with Gasteiger partial charge in [0.2, 0.25) is 0 Å². The molecule has 7 heteroatoms. The lowest BCUT2D eigenvalue weighted by atomic mass is 10.2. The van der Waals surface area contributed by atoms with Crippen molar-refractivity contribution in [1.82, 2.24) is 20.4 Å². The molecule has 0 spiro atoms. The maximum atomic E-state index is 6.23. The van der Waals surface area contributed by atoms with Crippen molar-refractivity contribution in [3.63, 3.8) is 0 Å². The van der Waals surface area contributed by atoms with Gasteiger partial charge in [-0.25, -0.2) is 4.99 Å². The summed E-state index contributed by atoms with van der Waals surface area (Å²) in [5.41, 5.74) is 0.968. The van der Waals surface area contributed by atoms with Gasteiger partial charge in [-0.1, -0.05) is 29.3 Å². The molecule has 0 aliphatic carbocycles. The van der Waals surface area contributed by atoms with E-state index in [2.05, 4.69) is 46.3 Å². The van der Waals surface area contributed by atoms with Crippen LogP contribution in [0.1, 0.15) is 19.4 Å². The van der Waals surface area contributed by atoms with E-state index in [1.165, 1.54) is 0 Å². The molecule has 5 nitrogen and oxygen atoms in total. The molecule has 2 N–H and O–H groups in total. The number of nitrogens with one attached hydrogen (secondary N) is 2. The van der Waals surface area contributed by atoms with Gasteiger partial charge in [0.25, 0.3) is 0 Å². The maximum Gasteiger partial charge on any atom is 0.191 e. The molecule has 1 aliphatic rings. The molecule has 1 saturated heterocycles. The second kappa shape index (κ2) is 10.2. The van der Waals surface area contributed by atoms with Crippen molar-refractivity contribution in [3.05, 3.63) is 33.8 Å². The van der Waals surface area contributed by atoms with Crippen LogP contribution in [0.3, 0.4) is 0 Å². The summed E-state index contributed by atoms with van der Waals surface area (Å²) in [6.45, 7) is 11.0. The smallest absolute Gasteiger partial charge is 0.191 e. The number of aliphatic imine (C=N–C) groups is 1. The van der Waals surface area contributed by atoms with Crippen LogP contribution in [0.4, 0.5) is 0 Å². The number of benzene rings is 1. The lowest BCUT2D eigenvalue weighted by Gasteiger charge is -2.36. The number of piperazine rings is 1. The molecule has 1 atom stereocenters. The lowest BCUT2D eigenvalue weighted by Crippen LogP contribution is -2.52. The molecule has 1 heterocycles. The highest BCUT2D eigenvalue weighted by atomic mass is 35.5. The third-order valence-corrected chi connectivity index (χ3v) is 5.08. The van der Waals surface area contributed by atoms with E-state index in [-0.39, 0.29) is 0 Å². The first kappa shape index (κ1) is 20.3. The Labute approximate surface area is 161 Å². The fourth-order valence-corrected chi connectivity index (χ4v) is 3.26. The SMILES string of the molecule is CCNC(=NCc1ccc(Cl)cc1Cl)NCC(C)N1CCN(C)CC1. The summed E-state index contributed by atoms with van der Waals surface area (Å²) >= 11 is 12.2. The minimum Gasteiger partial charge on any atom is -0.357 e. The Morgan fingerprint density at radius 2 is 1.92 bits per heavy atom. The van der Waals surface area contributed by atoms with Crippen molar-refractivity contribution in [2.75, 3.05) is 46.3 Å². The van der Waals surface area contributed by atoms with Gasteiger partial charge < -0.3 is 15.5 Å². The predicted molar refractivity (Wildman–Crippen MR) is 108 cm³/mol. The van der Waals surface area contributed by atoms with E-state index in [4.69, 9.17) is 23.2 Å². The average molecular weight is 386 g/mol. The zero-order valence-electron chi connectivity index (χ0n) is 15.4. The number of hydrogen-bond acceptors (Lipinski definition) is 3. The molecule has 0 amide bonds. The van der Waals surface area contributed by atoms with Crippen molar-refractivity contribution in [2.45, 2.75) is 26.4 Å². The normalized spacial score (nSPS) is 18.2. The molecule has 0 saturated carbocycles. The molecule has 2 rings (SSSR count). The van der Waals surface area contributed by atoms with Gasteiger partial charge >= 0.3 is 0 Å². The van der Waals surface area contributed by atoms with Crippen molar-refractivity contribution in [2.24, 2.45) is 4.99 Å².